The summed E-state index contributed by atoms with van der Waals surface area (Å²) in [4.78, 5) is 19.1. The number of aliphatic imine (C=N–C) groups is 1. The molecule has 0 aromatic heterocycles. The summed E-state index contributed by atoms with van der Waals surface area (Å²) in [5, 5.41) is 0. The summed E-state index contributed by atoms with van der Waals surface area (Å²) in [5.41, 5.74) is 4.11. The lowest BCUT2D eigenvalue weighted by molar-refractivity contribution is -0.154. The molecule has 0 unspecified atom stereocenters. The van der Waals surface area contributed by atoms with Crippen molar-refractivity contribution < 1.29 is 19.0 Å². The fraction of sp³-hybridized carbons (Fsp3) is 0.692. The first kappa shape index (κ1) is 20.5. The van der Waals surface area contributed by atoms with Crippen LogP contribution < -0.4 is 4.74 Å². The van der Waals surface area contributed by atoms with E-state index in [1.165, 1.54) is 30.4 Å². The molecule has 2 saturated carbocycles. The van der Waals surface area contributed by atoms with Crippen molar-refractivity contribution in [3.63, 3.8) is 0 Å². The molecular formula is C26H34N2O4. The molecule has 172 valence electrons. The Morgan fingerprint density at radius 2 is 2.03 bits per heavy atom. The van der Waals surface area contributed by atoms with Crippen LogP contribution >= 0.6 is 0 Å². The lowest BCUT2D eigenvalue weighted by Crippen LogP contribution is -2.45. The van der Waals surface area contributed by atoms with Gasteiger partial charge in [0.25, 0.3) is 0 Å². The zero-order chi connectivity index (χ0) is 21.9. The Bertz CT molecular complexity index is 953. The van der Waals surface area contributed by atoms with Crippen LogP contribution in [0.3, 0.4) is 0 Å². The van der Waals surface area contributed by atoms with Gasteiger partial charge in [-0.3, -0.25) is 4.79 Å². The van der Waals surface area contributed by atoms with E-state index in [1.54, 1.807) is 6.92 Å². The van der Waals surface area contributed by atoms with E-state index < -0.39 is 0 Å². The molecule has 2 heterocycles. The van der Waals surface area contributed by atoms with Crippen molar-refractivity contribution in [2.75, 3.05) is 32.9 Å². The van der Waals surface area contributed by atoms with Crippen LogP contribution in [0, 0.1) is 17.3 Å². The molecule has 3 aliphatic carbocycles. The number of esters is 1. The fourth-order valence-corrected chi connectivity index (χ4v) is 7.50. The van der Waals surface area contributed by atoms with E-state index in [4.69, 9.17) is 19.2 Å². The summed E-state index contributed by atoms with van der Waals surface area (Å²) in [7, 11) is 0. The summed E-state index contributed by atoms with van der Waals surface area (Å²) in [5.74, 6) is 3.75. The van der Waals surface area contributed by atoms with Crippen LogP contribution in [0.25, 0.3) is 0 Å². The van der Waals surface area contributed by atoms with E-state index in [-0.39, 0.29) is 17.5 Å². The number of amidine groups is 1. The largest absolute Gasteiger partial charge is 0.483 e. The molecule has 6 heteroatoms. The number of carbonyl (C=O) groups is 1. The van der Waals surface area contributed by atoms with Crippen molar-refractivity contribution in [2.45, 2.75) is 64.4 Å². The minimum Gasteiger partial charge on any atom is -0.483 e. The van der Waals surface area contributed by atoms with Crippen LogP contribution in [0.15, 0.2) is 17.1 Å². The number of hydrogen-bond acceptors (Lipinski definition) is 6. The Morgan fingerprint density at radius 3 is 2.84 bits per heavy atom. The third-order valence-electron chi connectivity index (χ3n) is 9.04. The highest BCUT2D eigenvalue weighted by atomic mass is 16.5. The minimum absolute atomic E-state index is 0.0879. The van der Waals surface area contributed by atoms with Crippen LogP contribution in [0.1, 0.15) is 63.0 Å². The molecule has 0 amide bonds. The average Bonchev–Trinajstić information content (AvgIpc) is 3.14. The van der Waals surface area contributed by atoms with Crippen molar-refractivity contribution in [1.82, 2.24) is 4.90 Å². The average molecular weight is 439 g/mol. The van der Waals surface area contributed by atoms with E-state index in [0.717, 1.165) is 62.8 Å². The van der Waals surface area contributed by atoms with E-state index in [1.807, 2.05) is 0 Å². The van der Waals surface area contributed by atoms with E-state index >= 15 is 0 Å². The highest BCUT2D eigenvalue weighted by Gasteiger charge is 2.56. The second-order valence-corrected chi connectivity index (χ2v) is 10.5. The molecule has 3 fully saturated rings. The topological polar surface area (TPSA) is 60.4 Å². The van der Waals surface area contributed by atoms with Crippen molar-refractivity contribution >= 4 is 17.5 Å². The van der Waals surface area contributed by atoms with Crippen molar-refractivity contribution in [3.8, 4) is 5.75 Å². The molecule has 5 aliphatic rings. The summed E-state index contributed by atoms with van der Waals surface area (Å²) in [6.45, 7) is 7.78. The predicted molar refractivity (Wildman–Crippen MR) is 122 cm³/mol. The molecule has 6 nitrogen and oxygen atoms in total. The molecule has 1 aromatic rings. The number of rotatable bonds is 1. The van der Waals surface area contributed by atoms with Gasteiger partial charge in [0.15, 0.2) is 0 Å². The molecule has 6 rings (SSSR count). The van der Waals surface area contributed by atoms with E-state index in [2.05, 4.69) is 24.0 Å². The maximum absolute atomic E-state index is 11.7. The Labute approximate surface area is 190 Å². The Hall–Kier alpha value is -2.08. The summed E-state index contributed by atoms with van der Waals surface area (Å²) in [6.07, 6.45) is 6.84. The summed E-state index contributed by atoms with van der Waals surface area (Å²) < 4.78 is 17.5. The van der Waals surface area contributed by atoms with Gasteiger partial charge in [-0.15, -0.1) is 0 Å². The number of benzene rings is 1. The zero-order valence-electron chi connectivity index (χ0n) is 19.3. The van der Waals surface area contributed by atoms with E-state index in [0.29, 0.717) is 24.4 Å². The fourth-order valence-electron chi connectivity index (χ4n) is 7.50. The smallest absolute Gasteiger partial charge is 0.302 e. The van der Waals surface area contributed by atoms with Gasteiger partial charge in [-0.1, -0.05) is 13.0 Å². The van der Waals surface area contributed by atoms with Crippen molar-refractivity contribution in [2.24, 2.45) is 22.2 Å². The van der Waals surface area contributed by atoms with Crippen LogP contribution in [-0.4, -0.2) is 55.7 Å². The maximum Gasteiger partial charge on any atom is 0.302 e. The van der Waals surface area contributed by atoms with Gasteiger partial charge in [0.05, 0.1) is 13.2 Å². The summed E-state index contributed by atoms with van der Waals surface area (Å²) in [6, 6.07) is 4.47. The maximum atomic E-state index is 11.7. The van der Waals surface area contributed by atoms with Gasteiger partial charge in [0.1, 0.15) is 30.0 Å². The first-order chi connectivity index (χ1) is 15.5. The molecule has 0 radical (unpaired) electrons. The highest BCUT2D eigenvalue weighted by molar-refractivity contribution is 5.89. The number of nitrogens with zero attached hydrogens (tertiary/aromatic N) is 2. The van der Waals surface area contributed by atoms with Gasteiger partial charge >= 0.3 is 5.97 Å². The number of carbonyl (C=O) groups excluding carboxylic acids is 1. The zero-order valence-corrected chi connectivity index (χ0v) is 19.3. The van der Waals surface area contributed by atoms with E-state index in [9.17, 15) is 4.79 Å². The molecule has 0 bridgehead atoms. The van der Waals surface area contributed by atoms with Crippen LogP contribution in [0.4, 0.5) is 5.69 Å². The molecular weight excluding hydrogens is 404 g/mol. The lowest BCUT2D eigenvalue weighted by atomic mass is 9.55. The molecule has 32 heavy (non-hydrogen) atoms. The normalized spacial score (nSPS) is 35.6. The van der Waals surface area contributed by atoms with Gasteiger partial charge in [-0.25, -0.2) is 4.99 Å². The van der Waals surface area contributed by atoms with Gasteiger partial charge in [-0.05, 0) is 73.5 Å². The van der Waals surface area contributed by atoms with Gasteiger partial charge < -0.3 is 19.1 Å². The third-order valence-corrected chi connectivity index (χ3v) is 9.04. The number of morpholine rings is 1. The highest BCUT2D eigenvalue weighted by Crippen LogP contribution is 2.62. The standard InChI is InChI=1S/C26H34N2O4/c1-16(29)32-23-8-6-21-19-3-4-20-17(18(19)9-10-26(21,23)2)5-7-22-25(20)27-24(15-31-22)28-11-13-30-14-12-28/h5,7,18-19,21,23H,3-4,6,8-15H2,1-2H3/t18-,19-,21+,23+,26+/m1/s1. The second kappa shape index (κ2) is 7.75. The van der Waals surface area contributed by atoms with Crippen molar-refractivity contribution in [1.29, 1.82) is 0 Å². The lowest BCUT2D eigenvalue weighted by Gasteiger charge is -2.50. The number of ether oxygens (including phenoxy) is 3. The monoisotopic (exact) mass is 438 g/mol. The van der Waals surface area contributed by atoms with Crippen LogP contribution in [0.2, 0.25) is 0 Å². The minimum atomic E-state index is -0.131. The molecule has 2 aliphatic heterocycles. The van der Waals surface area contributed by atoms with Crippen LogP contribution in [-0.2, 0) is 20.7 Å². The molecule has 5 atom stereocenters. The first-order valence-electron chi connectivity index (χ1n) is 12.4. The Morgan fingerprint density at radius 1 is 1.19 bits per heavy atom. The molecule has 0 N–H and O–H groups in total. The molecule has 1 saturated heterocycles. The Balaban J connectivity index is 1.30. The number of hydrogen-bond donors (Lipinski definition) is 0. The second-order valence-electron chi connectivity index (χ2n) is 10.5. The van der Waals surface area contributed by atoms with Crippen molar-refractivity contribution in [3.05, 3.63) is 23.3 Å². The van der Waals surface area contributed by atoms with Gasteiger partial charge in [0, 0.05) is 25.4 Å². The summed E-state index contributed by atoms with van der Waals surface area (Å²) >= 11 is 0. The first-order valence-corrected chi connectivity index (χ1v) is 12.4. The quantitative estimate of drug-likeness (QED) is 0.614. The molecule has 0 spiro atoms. The third kappa shape index (κ3) is 3.17. The van der Waals surface area contributed by atoms with Gasteiger partial charge in [-0.2, -0.15) is 0 Å². The van der Waals surface area contributed by atoms with Crippen LogP contribution in [0.5, 0.6) is 5.75 Å². The Kier molecular flexibility index (Phi) is 4.97. The molecule has 1 aromatic carbocycles. The number of fused-ring (bicyclic) bond motifs is 7. The predicted octanol–water partition coefficient (Wildman–Crippen LogP) is 4.23. The SMILES string of the molecule is CC(=O)O[C@H]1CC[C@H]2[C@@H]3CCc4c(ccc5c4N=C(N4CCOCC4)CO5)[C@H]3CC[C@]12C. The van der Waals surface area contributed by atoms with Gasteiger partial charge in [0.2, 0.25) is 0 Å².